The lowest BCUT2D eigenvalue weighted by atomic mass is 9.99. The zero-order valence-corrected chi connectivity index (χ0v) is 12.2. The largest absolute Gasteiger partial charge is 0.367 e. The maximum atomic E-state index is 9.28. The van der Waals surface area contributed by atoms with Crippen molar-refractivity contribution in [3.05, 3.63) is 29.0 Å². The van der Waals surface area contributed by atoms with Crippen LogP contribution in [0.25, 0.3) is 0 Å². The van der Waals surface area contributed by atoms with Gasteiger partial charge in [0.15, 0.2) is 5.82 Å². The second-order valence-electron chi connectivity index (χ2n) is 5.43. The fourth-order valence-corrected chi connectivity index (χ4v) is 2.60. The van der Waals surface area contributed by atoms with Crippen molar-refractivity contribution in [2.75, 3.05) is 11.9 Å². The molecule has 3 rings (SSSR count). The molecule has 1 aliphatic rings. The number of rotatable bonds is 3. The number of aromatic nitrogens is 5. The summed E-state index contributed by atoms with van der Waals surface area (Å²) in [5.74, 6) is 2.11. The van der Waals surface area contributed by atoms with Gasteiger partial charge in [-0.2, -0.15) is 10.4 Å². The molecule has 0 radical (unpaired) electrons. The minimum absolute atomic E-state index is 0.475. The molecule has 0 saturated heterocycles. The van der Waals surface area contributed by atoms with Crippen molar-refractivity contribution in [1.82, 2.24) is 25.0 Å². The Morgan fingerprint density at radius 3 is 3.05 bits per heavy atom. The number of aryl methyl sites for hydroxylation is 2. The highest BCUT2D eigenvalue weighted by molar-refractivity contribution is 5.55. The van der Waals surface area contributed by atoms with E-state index in [4.69, 9.17) is 0 Å². The van der Waals surface area contributed by atoms with Gasteiger partial charge in [0.1, 0.15) is 23.8 Å². The van der Waals surface area contributed by atoms with Crippen LogP contribution in [0, 0.1) is 31.1 Å². The molecule has 0 saturated carbocycles. The van der Waals surface area contributed by atoms with Gasteiger partial charge in [-0.3, -0.25) is 0 Å². The second-order valence-corrected chi connectivity index (χ2v) is 5.43. The summed E-state index contributed by atoms with van der Waals surface area (Å²) in [6.45, 7) is 5.43. The van der Waals surface area contributed by atoms with Gasteiger partial charge >= 0.3 is 0 Å². The van der Waals surface area contributed by atoms with E-state index in [0.29, 0.717) is 17.3 Å². The van der Waals surface area contributed by atoms with Gasteiger partial charge in [-0.15, -0.1) is 15.3 Å². The minimum Gasteiger partial charge on any atom is -0.367 e. The molecule has 2 aromatic heterocycles. The molecule has 1 atom stereocenters. The van der Waals surface area contributed by atoms with E-state index in [1.54, 1.807) is 6.33 Å². The smallest absolute Gasteiger partial charge is 0.166 e. The Hall–Kier alpha value is -2.49. The first kappa shape index (κ1) is 13.5. The molecule has 0 spiro atoms. The van der Waals surface area contributed by atoms with Crippen LogP contribution in [0.15, 0.2) is 6.33 Å². The van der Waals surface area contributed by atoms with Gasteiger partial charge in [-0.1, -0.05) is 0 Å². The number of fused-ring (bicyclic) bond motifs is 1. The van der Waals surface area contributed by atoms with E-state index in [1.807, 2.05) is 13.8 Å². The molecule has 0 fully saturated rings. The molecule has 7 heteroatoms. The van der Waals surface area contributed by atoms with Crippen molar-refractivity contribution in [1.29, 1.82) is 5.26 Å². The van der Waals surface area contributed by atoms with Crippen molar-refractivity contribution in [2.45, 2.75) is 33.2 Å². The van der Waals surface area contributed by atoms with Crippen LogP contribution >= 0.6 is 0 Å². The molecule has 0 unspecified atom stereocenters. The van der Waals surface area contributed by atoms with Gasteiger partial charge in [-0.05, 0) is 31.7 Å². The van der Waals surface area contributed by atoms with Crippen LogP contribution in [0.5, 0.6) is 0 Å². The number of nitriles is 1. The quantitative estimate of drug-likeness (QED) is 0.910. The number of nitrogens with zero attached hydrogens (tertiary/aromatic N) is 6. The van der Waals surface area contributed by atoms with Gasteiger partial charge in [0.05, 0.1) is 5.69 Å². The average Bonchev–Trinajstić information content (AvgIpc) is 2.96. The topological polar surface area (TPSA) is 92.3 Å². The van der Waals surface area contributed by atoms with E-state index < -0.39 is 0 Å². The molecule has 2 aromatic rings. The molecule has 7 nitrogen and oxygen atoms in total. The van der Waals surface area contributed by atoms with E-state index in [1.165, 1.54) is 0 Å². The number of nitrogens with one attached hydrogen (secondary N) is 1. The third-order valence-electron chi connectivity index (χ3n) is 4.05. The van der Waals surface area contributed by atoms with E-state index in [2.05, 4.69) is 36.3 Å². The Bertz CT molecular complexity index is 698. The van der Waals surface area contributed by atoms with Crippen LogP contribution in [0.2, 0.25) is 0 Å². The molecule has 0 aromatic carbocycles. The third kappa shape index (κ3) is 2.57. The summed E-state index contributed by atoms with van der Waals surface area (Å²) >= 11 is 0. The van der Waals surface area contributed by atoms with Crippen LogP contribution in [-0.2, 0) is 13.0 Å². The molecule has 0 aliphatic carbocycles. The first-order chi connectivity index (χ1) is 10.2. The molecule has 3 heterocycles. The van der Waals surface area contributed by atoms with Crippen molar-refractivity contribution in [2.24, 2.45) is 5.92 Å². The van der Waals surface area contributed by atoms with Crippen LogP contribution < -0.4 is 5.32 Å². The summed E-state index contributed by atoms with van der Waals surface area (Å²) in [4.78, 5) is 0. The summed E-state index contributed by atoms with van der Waals surface area (Å²) < 4.78 is 2.09. The van der Waals surface area contributed by atoms with Crippen molar-refractivity contribution < 1.29 is 0 Å². The Kier molecular flexibility index (Phi) is 3.52. The van der Waals surface area contributed by atoms with Gasteiger partial charge in [0.25, 0.3) is 0 Å². The highest BCUT2D eigenvalue weighted by Gasteiger charge is 2.20. The molecule has 0 bridgehead atoms. The first-order valence-corrected chi connectivity index (χ1v) is 7.03. The summed E-state index contributed by atoms with van der Waals surface area (Å²) in [6, 6.07) is 2.21. The summed E-state index contributed by atoms with van der Waals surface area (Å²) in [5.41, 5.74) is 2.27. The van der Waals surface area contributed by atoms with Crippen molar-refractivity contribution in [3.63, 3.8) is 0 Å². The number of anilines is 1. The lowest BCUT2D eigenvalue weighted by Gasteiger charge is -2.23. The Morgan fingerprint density at radius 1 is 1.38 bits per heavy atom. The third-order valence-corrected chi connectivity index (χ3v) is 4.05. The molecular formula is C14H17N7. The molecule has 1 aliphatic heterocycles. The molecule has 21 heavy (non-hydrogen) atoms. The zero-order chi connectivity index (χ0) is 14.8. The van der Waals surface area contributed by atoms with Crippen LogP contribution in [0.1, 0.15) is 29.1 Å². The molecular weight excluding hydrogens is 266 g/mol. The monoisotopic (exact) mass is 283 g/mol. The maximum Gasteiger partial charge on any atom is 0.166 e. The molecule has 108 valence electrons. The Labute approximate surface area is 123 Å². The fraction of sp³-hybridized carbons (Fsp3) is 0.500. The van der Waals surface area contributed by atoms with Gasteiger partial charge in [0, 0.05) is 19.5 Å². The highest BCUT2D eigenvalue weighted by Crippen LogP contribution is 2.21. The van der Waals surface area contributed by atoms with E-state index >= 15 is 0 Å². The summed E-state index contributed by atoms with van der Waals surface area (Å²) in [7, 11) is 0. The minimum atomic E-state index is 0.475. The predicted octanol–water partition coefficient (Wildman–Crippen LogP) is 1.23. The second kappa shape index (κ2) is 5.48. The van der Waals surface area contributed by atoms with Crippen molar-refractivity contribution in [3.8, 4) is 6.07 Å². The highest BCUT2D eigenvalue weighted by atomic mass is 15.3. The van der Waals surface area contributed by atoms with Crippen LogP contribution in [0.4, 0.5) is 5.82 Å². The van der Waals surface area contributed by atoms with Gasteiger partial charge in [-0.25, -0.2) is 0 Å². The average molecular weight is 283 g/mol. The molecule has 1 N–H and O–H groups in total. The van der Waals surface area contributed by atoms with E-state index in [9.17, 15) is 5.26 Å². The zero-order valence-electron chi connectivity index (χ0n) is 12.2. The first-order valence-electron chi connectivity index (χ1n) is 7.03. The SMILES string of the molecule is Cc1nnc(NC[C@@H]2CCc3nncn3C2)c(C#N)c1C. The summed E-state index contributed by atoms with van der Waals surface area (Å²) in [5, 5.41) is 28.8. The van der Waals surface area contributed by atoms with Crippen molar-refractivity contribution >= 4 is 5.82 Å². The number of hydrogen-bond acceptors (Lipinski definition) is 6. The summed E-state index contributed by atoms with van der Waals surface area (Å²) in [6.07, 6.45) is 3.78. The van der Waals surface area contributed by atoms with Crippen LogP contribution in [0.3, 0.4) is 0 Å². The van der Waals surface area contributed by atoms with E-state index in [0.717, 1.165) is 43.0 Å². The predicted molar refractivity (Wildman–Crippen MR) is 76.5 cm³/mol. The maximum absolute atomic E-state index is 9.28. The lowest BCUT2D eigenvalue weighted by Crippen LogP contribution is -2.26. The standard InChI is InChI=1S/C14H17N7/c1-9-10(2)18-20-14(12(9)5-15)16-6-11-3-4-13-19-17-8-21(13)7-11/h8,11H,3-4,6-7H2,1-2H3,(H,16,20)/t11-/m0/s1. The van der Waals surface area contributed by atoms with Gasteiger partial charge < -0.3 is 9.88 Å². The molecule has 0 amide bonds. The lowest BCUT2D eigenvalue weighted by molar-refractivity contribution is 0.381. The normalized spacial score (nSPS) is 17.1. The fourth-order valence-electron chi connectivity index (χ4n) is 2.60. The Morgan fingerprint density at radius 2 is 2.24 bits per heavy atom. The van der Waals surface area contributed by atoms with Crippen LogP contribution in [-0.4, -0.2) is 31.5 Å². The Balaban J connectivity index is 1.69. The van der Waals surface area contributed by atoms with E-state index in [-0.39, 0.29) is 0 Å². The van der Waals surface area contributed by atoms with Gasteiger partial charge in [0.2, 0.25) is 0 Å². The number of hydrogen-bond donors (Lipinski definition) is 1.